The minimum Gasteiger partial charge on any atom is -0.466 e. The van der Waals surface area contributed by atoms with Crippen LogP contribution in [0.15, 0.2) is 42.2 Å². The summed E-state index contributed by atoms with van der Waals surface area (Å²) in [7, 11) is 1.36. The molecule has 6 nitrogen and oxygen atoms in total. The van der Waals surface area contributed by atoms with Gasteiger partial charge in [-0.25, -0.2) is 19.2 Å². The van der Waals surface area contributed by atoms with E-state index < -0.39 is 5.82 Å². The van der Waals surface area contributed by atoms with Crippen LogP contribution < -0.4 is 4.74 Å². The Balaban J connectivity index is 1.60. The molecular weight excluding hydrogens is 349 g/mol. The molecule has 0 amide bonds. The Bertz CT molecular complexity index is 894. The maximum atomic E-state index is 13.7. The topological polar surface area (TPSA) is 85.1 Å². The van der Waals surface area contributed by atoms with Crippen molar-refractivity contribution in [3.63, 3.8) is 0 Å². The Morgan fingerprint density at radius 2 is 1.96 bits per heavy atom. The third-order valence-electron chi connectivity index (χ3n) is 4.42. The minimum absolute atomic E-state index is 0.00228. The molecular formula is C20H18FN3O3. The summed E-state index contributed by atoms with van der Waals surface area (Å²) in [5.41, 5.74) is 2.28. The summed E-state index contributed by atoms with van der Waals surface area (Å²) in [5.74, 6) is -0.907. The Labute approximate surface area is 156 Å². The zero-order valence-corrected chi connectivity index (χ0v) is 14.8. The van der Waals surface area contributed by atoms with Crippen LogP contribution in [0.25, 0.3) is 11.1 Å². The molecule has 1 aromatic heterocycles. The number of hydrogen-bond acceptors (Lipinski definition) is 6. The number of ether oxygens (including phenoxy) is 2. The molecule has 1 heterocycles. The average Bonchev–Trinajstić information content (AvgIpc) is 2.70. The Kier molecular flexibility index (Phi) is 5.77. The number of esters is 1. The SMILES string of the molecule is COC(=O)C=C1CCC(Oc2ncc(-c3ccc(C#N)c(F)c3)cn2)CC1. The molecule has 7 heteroatoms. The van der Waals surface area contributed by atoms with Gasteiger partial charge in [-0.05, 0) is 43.4 Å². The van der Waals surface area contributed by atoms with Crippen molar-refractivity contribution in [1.29, 1.82) is 5.26 Å². The summed E-state index contributed by atoms with van der Waals surface area (Å²) in [6.07, 6.45) is 7.73. The number of nitriles is 1. The lowest BCUT2D eigenvalue weighted by atomic mass is 9.92. The summed E-state index contributed by atoms with van der Waals surface area (Å²) in [6.45, 7) is 0. The molecule has 0 N–H and O–H groups in total. The largest absolute Gasteiger partial charge is 0.466 e. The number of rotatable bonds is 4. The first-order chi connectivity index (χ1) is 13.1. The summed E-state index contributed by atoms with van der Waals surface area (Å²) in [4.78, 5) is 19.7. The molecule has 1 aliphatic carbocycles. The van der Waals surface area contributed by atoms with Crippen molar-refractivity contribution in [1.82, 2.24) is 9.97 Å². The highest BCUT2D eigenvalue weighted by molar-refractivity contribution is 5.82. The second-order valence-electron chi connectivity index (χ2n) is 6.20. The maximum Gasteiger partial charge on any atom is 0.330 e. The number of carbonyl (C=O) groups excluding carboxylic acids is 1. The number of halogens is 1. The van der Waals surface area contributed by atoms with Crippen molar-refractivity contribution >= 4 is 5.97 Å². The fourth-order valence-corrected chi connectivity index (χ4v) is 2.91. The molecule has 0 unspecified atom stereocenters. The van der Waals surface area contributed by atoms with Crippen molar-refractivity contribution in [3.8, 4) is 23.2 Å². The second kappa shape index (κ2) is 8.41. The molecule has 138 valence electrons. The van der Waals surface area contributed by atoms with E-state index in [2.05, 4.69) is 14.7 Å². The number of nitrogens with zero attached hydrogens (tertiary/aromatic N) is 3. The number of methoxy groups -OCH3 is 1. The first kappa shape index (κ1) is 18.5. The molecule has 27 heavy (non-hydrogen) atoms. The highest BCUT2D eigenvalue weighted by atomic mass is 19.1. The van der Waals surface area contributed by atoms with Gasteiger partial charge in [0, 0.05) is 24.0 Å². The summed E-state index contributed by atoms with van der Waals surface area (Å²) in [5, 5.41) is 8.79. The zero-order chi connectivity index (χ0) is 19.2. The molecule has 0 bridgehead atoms. The Hall–Kier alpha value is -3.27. The van der Waals surface area contributed by atoms with Gasteiger partial charge in [0.15, 0.2) is 0 Å². The number of allylic oxidation sites excluding steroid dienone is 1. The lowest BCUT2D eigenvalue weighted by molar-refractivity contribution is -0.134. The van der Waals surface area contributed by atoms with Gasteiger partial charge in [0.25, 0.3) is 0 Å². The maximum absolute atomic E-state index is 13.7. The third kappa shape index (κ3) is 4.67. The lowest BCUT2D eigenvalue weighted by Crippen LogP contribution is -2.22. The molecule has 0 radical (unpaired) electrons. The fourth-order valence-electron chi connectivity index (χ4n) is 2.91. The fraction of sp³-hybridized carbons (Fsp3) is 0.300. The van der Waals surface area contributed by atoms with E-state index in [0.29, 0.717) is 11.1 Å². The van der Waals surface area contributed by atoms with Crippen LogP contribution in [0, 0.1) is 17.1 Å². The number of hydrogen-bond donors (Lipinski definition) is 0. The molecule has 0 saturated heterocycles. The summed E-state index contributed by atoms with van der Waals surface area (Å²) >= 11 is 0. The zero-order valence-electron chi connectivity index (χ0n) is 14.8. The monoisotopic (exact) mass is 367 g/mol. The van der Waals surface area contributed by atoms with Crippen molar-refractivity contribution in [2.45, 2.75) is 31.8 Å². The van der Waals surface area contributed by atoms with Crippen molar-refractivity contribution < 1.29 is 18.7 Å². The van der Waals surface area contributed by atoms with Crippen molar-refractivity contribution in [3.05, 3.63) is 53.6 Å². The van der Waals surface area contributed by atoms with E-state index in [9.17, 15) is 9.18 Å². The highest BCUT2D eigenvalue weighted by Gasteiger charge is 2.20. The molecule has 1 aromatic carbocycles. The van der Waals surface area contributed by atoms with Crippen LogP contribution in [0.5, 0.6) is 6.01 Å². The van der Waals surface area contributed by atoms with Gasteiger partial charge in [0.05, 0.1) is 12.7 Å². The number of carbonyl (C=O) groups is 1. The predicted octanol–water partition coefficient (Wildman–Crippen LogP) is 3.58. The van der Waals surface area contributed by atoms with Crippen LogP contribution in [0.1, 0.15) is 31.2 Å². The smallest absolute Gasteiger partial charge is 0.330 e. The lowest BCUT2D eigenvalue weighted by Gasteiger charge is -2.23. The van der Waals surface area contributed by atoms with E-state index in [0.717, 1.165) is 31.3 Å². The number of aromatic nitrogens is 2. The first-order valence-electron chi connectivity index (χ1n) is 8.55. The first-order valence-corrected chi connectivity index (χ1v) is 8.55. The van der Waals surface area contributed by atoms with Gasteiger partial charge in [-0.15, -0.1) is 0 Å². The van der Waals surface area contributed by atoms with Crippen LogP contribution >= 0.6 is 0 Å². The van der Waals surface area contributed by atoms with Crippen LogP contribution in [-0.4, -0.2) is 29.2 Å². The molecule has 1 fully saturated rings. The van der Waals surface area contributed by atoms with Gasteiger partial charge >= 0.3 is 12.0 Å². The van der Waals surface area contributed by atoms with Crippen LogP contribution in [0.2, 0.25) is 0 Å². The van der Waals surface area contributed by atoms with Gasteiger partial charge in [-0.1, -0.05) is 11.6 Å². The van der Waals surface area contributed by atoms with E-state index in [4.69, 9.17) is 10.00 Å². The second-order valence-corrected chi connectivity index (χ2v) is 6.20. The Morgan fingerprint density at radius 3 is 2.56 bits per heavy atom. The van der Waals surface area contributed by atoms with Gasteiger partial charge in [0.1, 0.15) is 18.0 Å². The van der Waals surface area contributed by atoms with Crippen molar-refractivity contribution in [2.75, 3.05) is 7.11 Å². The normalized spacial score (nSPS) is 16.3. The quantitative estimate of drug-likeness (QED) is 0.607. The molecule has 1 saturated carbocycles. The molecule has 1 aliphatic rings. The number of benzene rings is 1. The van der Waals surface area contributed by atoms with Crippen LogP contribution in [-0.2, 0) is 9.53 Å². The highest BCUT2D eigenvalue weighted by Crippen LogP contribution is 2.27. The predicted molar refractivity (Wildman–Crippen MR) is 95.1 cm³/mol. The van der Waals surface area contributed by atoms with E-state index in [1.54, 1.807) is 24.5 Å². The standard InChI is InChI=1S/C20H18FN3O3/c1-26-19(25)8-13-2-6-17(7-3-13)27-20-23-11-16(12-24-20)14-4-5-15(10-22)18(21)9-14/h4-5,8-9,11-12,17H,2-3,6-7H2,1H3. The minimum atomic E-state index is -0.576. The van der Waals surface area contributed by atoms with E-state index in [1.165, 1.54) is 25.3 Å². The molecule has 2 aromatic rings. The third-order valence-corrected chi connectivity index (χ3v) is 4.42. The Morgan fingerprint density at radius 1 is 1.26 bits per heavy atom. The van der Waals surface area contributed by atoms with Gasteiger partial charge in [0.2, 0.25) is 0 Å². The van der Waals surface area contributed by atoms with E-state index in [-0.39, 0.29) is 23.6 Å². The molecule has 3 rings (SSSR count). The van der Waals surface area contributed by atoms with Crippen LogP contribution in [0.4, 0.5) is 4.39 Å². The average molecular weight is 367 g/mol. The van der Waals surface area contributed by atoms with Crippen molar-refractivity contribution in [2.24, 2.45) is 0 Å². The summed E-state index contributed by atoms with van der Waals surface area (Å²) in [6, 6.07) is 6.41. The summed E-state index contributed by atoms with van der Waals surface area (Å²) < 4.78 is 24.2. The molecule has 0 aliphatic heterocycles. The van der Waals surface area contributed by atoms with Gasteiger partial charge < -0.3 is 9.47 Å². The molecule has 0 atom stereocenters. The van der Waals surface area contributed by atoms with E-state index >= 15 is 0 Å². The van der Waals surface area contributed by atoms with Gasteiger partial charge in [-0.3, -0.25) is 0 Å². The van der Waals surface area contributed by atoms with E-state index in [1.807, 2.05) is 0 Å². The van der Waals surface area contributed by atoms with Crippen LogP contribution in [0.3, 0.4) is 0 Å². The van der Waals surface area contributed by atoms with Gasteiger partial charge in [-0.2, -0.15) is 5.26 Å². The molecule has 0 spiro atoms.